The van der Waals surface area contributed by atoms with Crippen molar-refractivity contribution in [2.45, 2.75) is 52.0 Å². The van der Waals surface area contributed by atoms with Gasteiger partial charge in [-0.2, -0.15) is 5.10 Å². The van der Waals surface area contributed by atoms with Crippen molar-refractivity contribution in [1.82, 2.24) is 5.32 Å². The summed E-state index contributed by atoms with van der Waals surface area (Å²) in [6, 6.07) is 12.8. The highest BCUT2D eigenvalue weighted by Gasteiger charge is 2.53. The third-order valence-corrected chi connectivity index (χ3v) is 6.50. The van der Waals surface area contributed by atoms with Crippen molar-refractivity contribution in [3.05, 3.63) is 59.4 Å². The maximum Gasteiger partial charge on any atom is 0.248 e. The molecule has 0 bridgehead atoms. The smallest absolute Gasteiger partial charge is 0.248 e. The number of carbonyl (C=O) groups excluding carboxylic acids is 1. The van der Waals surface area contributed by atoms with E-state index in [0.717, 1.165) is 36.1 Å². The number of rotatable bonds is 11. The number of benzene rings is 2. The molecule has 1 N–H and O–H groups in total. The summed E-state index contributed by atoms with van der Waals surface area (Å²) in [6.07, 6.45) is 3.49. The fraction of sp³-hybridized carbons (Fsp3) is 0.481. The average molecular weight is 470 g/mol. The number of nitrogens with one attached hydrogen (secondary N) is 1. The van der Waals surface area contributed by atoms with Gasteiger partial charge in [0.2, 0.25) is 5.91 Å². The first kappa shape index (κ1) is 25.7. The second-order valence-electron chi connectivity index (χ2n) is 8.93. The first-order valence-corrected chi connectivity index (χ1v) is 11.9. The van der Waals surface area contributed by atoms with Crippen LogP contribution in [0.25, 0.3) is 0 Å². The Hall–Kier alpha value is -2.93. The van der Waals surface area contributed by atoms with Crippen LogP contribution in [0.3, 0.4) is 0 Å². The third kappa shape index (κ3) is 5.25. The molecular formula is C27H36FN3O3. The number of carbonyl (C=O) groups is 1. The average Bonchev–Trinajstić information content (AvgIpc) is 3.14. The Morgan fingerprint density at radius 3 is 2.56 bits per heavy atom. The highest BCUT2D eigenvalue weighted by Crippen LogP contribution is 2.42. The number of nitrogens with zero attached hydrogens (tertiary/aromatic N) is 2. The molecule has 1 heterocycles. The third-order valence-electron chi connectivity index (χ3n) is 6.50. The molecule has 1 amide bonds. The van der Waals surface area contributed by atoms with Gasteiger partial charge in [0.25, 0.3) is 0 Å². The number of hydrazone groups is 1. The summed E-state index contributed by atoms with van der Waals surface area (Å²) in [7, 11) is 3.07. The number of anilines is 1. The van der Waals surface area contributed by atoms with Crippen LogP contribution in [0.1, 0.15) is 50.7 Å². The zero-order valence-corrected chi connectivity index (χ0v) is 20.9. The molecule has 0 saturated carbocycles. The molecule has 1 aliphatic rings. The van der Waals surface area contributed by atoms with Gasteiger partial charge in [0.15, 0.2) is 11.6 Å². The van der Waals surface area contributed by atoms with E-state index in [-0.39, 0.29) is 17.6 Å². The highest BCUT2D eigenvalue weighted by molar-refractivity contribution is 6.10. The van der Waals surface area contributed by atoms with E-state index in [0.29, 0.717) is 25.3 Å². The molecule has 34 heavy (non-hydrogen) atoms. The fourth-order valence-corrected chi connectivity index (χ4v) is 4.46. The van der Waals surface area contributed by atoms with Crippen LogP contribution in [0, 0.1) is 18.7 Å². The van der Waals surface area contributed by atoms with E-state index < -0.39 is 11.4 Å². The number of ether oxygens (including phenoxy) is 2. The number of unbranched alkanes of at least 4 members (excludes halogenated alkanes) is 1. The van der Waals surface area contributed by atoms with E-state index in [9.17, 15) is 9.18 Å². The topological polar surface area (TPSA) is 63.2 Å². The number of hydrogen-bond acceptors (Lipinski definition) is 5. The first-order valence-electron chi connectivity index (χ1n) is 11.9. The predicted octanol–water partition coefficient (Wildman–Crippen LogP) is 5.08. The normalized spacial score (nSPS) is 19.8. The SMILES string of the molecule is CCCCC1C(c2ccc(C)cc2)=NN(c2ccc(F)c(OC)c2)C1(C)C(=O)NCCCOC. The Morgan fingerprint density at radius 2 is 1.91 bits per heavy atom. The van der Waals surface area contributed by atoms with Crippen molar-refractivity contribution < 1.29 is 18.7 Å². The zero-order chi connectivity index (χ0) is 24.7. The minimum Gasteiger partial charge on any atom is -0.494 e. The van der Waals surface area contributed by atoms with Gasteiger partial charge in [-0.3, -0.25) is 4.79 Å². The van der Waals surface area contributed by atoms with Gasteiger partial charge < -0.3 is 14.8 Å². The minimum atomic E-state index is -0.995. The van der Waals surface area contributed by atoms with Crippen LogP contribution in [0.5, 0.6) is 5.75 Å². The molecule has 3 rings (SSSR count). The van der Waals surface area contributed by atoms with E-state index in [4.69, 9.17) is 14.6 Å². The molecule has 1 aliphatic heterocycles. The van der Waals surface area contributed by atoms with Gasteiger partial charge in [-0.15, -0.1) is 0 Å². The maximum atomic E-state index is 14.2. The molecule has 0 aromatic heterocycles. The van der Waals surface area contributed by atoms with Crippen LogP contribution in [0.4, 0.5) is 10.1 Å². The number of methoxy groups -OCH3 is 2. The van der Waals surface area contributed by atoms with E-state index in [1.54, 1.807) is 24.3 Å². The molecule has 2 atom stereocenters. The zero-order valence-electron chi connectivity index (χ0n) is 20.9. The molecular weight excluding hydrogens is 433 g/mol. The fourth-order valence-electron chi connectivity index (χ4n) is 4.46. The molecule has 184 valence electrons. The molecule has 7 heteroatoms. The quantitative estimate of drug-likeness (QED) is 0.466. The number of aryl methyl sites for hydroxylation is 1. The largest absolute Gasteiger partial charge is 0.494 e. The summed E-state index contributed by atoms with van der Waals surface area (Å²) in [5, 5.41) is 9.84. The first-order chi connectivity index (χ1) is 16.4. The van der Waals surface area contributed by atoms with Crippen LogP contribution in [-0.4, -0.2) is 44.5 Å². The van der Waals surface area contributed by atoms with Crippen molar-refractivity contribution >= 4 is 17.3 Å². The van der Waals surface area contributed by atoms with Gasteiger partial charge in [-0.05, 0) is 44.4 Å². The molecule has 0 aliphatic carbocycles. The Balaban J connectivity index is 2.10. The summed E-state index contributed by atoms with van der Waals surface area (Å²) in [5.41, 5.74) is 2.63. The molecule has 6 nitrogen and oxygen atoms in total. The lowest BCUT2D eigenvalue weighted by molar-refractivity contribution is -0.126. The Bertz CT molecular complexity index is 1010. The summed E-state index contributed by atoms with van der Waals surface area (Å²) >= 11 is 0. The molecule has 2 unspecified atom stereocenters. The lowest BCUT2D eigenvalue weighted by Crippen LogP contribution is -2.58. The van der Waals surface area contributed by atoms with Crippen molar-refractivity contribution in [2.24, 2.45) is 11.0 Å². The molecule has 0 radical (unpaired) electrons. The van der Waals surface area contributed by atoms with E-state index in [1.165, 1.54) is 13.2 Å². The highest BCUT2D eigenvalue weighted by atomic mass is 19.1. The van der Waals surface area contributed by atoms with Crippen LogP contribution in [0.2, 0.25) is 0 Å². The van der Waals surface area contributed by atoms with E-state index in [2.05, 4.69) is 36.5 Å². The standard InChI is InChI=1S/C27H36FN3O3/c1-6-7-9-22-25(20-12-10-19(2)11-13-20)30-31(21-14-15-23(28)24(18-21)34-5)27(22,3)26(32)29-16-8-17-33-4/h10-15,18,22H,6-9,16-17H2,1-5H3,(H,29,32). The van der Waals surface area contributed by atoms with Crippen molar-refractivity contribution in [1.29, 1.82) is 0 Å². The lowest BCUT2D eigenvalue weighted by Gasteiger charge is -2.37. The lowest BCUT2D eigenvalue weighted by atomic mass is 9.76. The Labute approximate surface area is 202 Å². The van der Waals surface area contributed by atoms with Crippen LogP contribution in [-0.2, 0) is 9.53 Å². The molecule has 2 aromatic carbocycles. The van der Waals surface area contributed by atoms with Crippen LogP contribution < -0.4 is 15.1 Å². The van der Waals surface area contributed by atoms with Gasteiger partial charge in [-0.25, -0.2) is 9.40 Å². The second-order valence-corrected chi connectivity index (χ2v) is 8.93. The van der Waals surface area contributed by atoms with Gasteiger partial charge in [0.05, 0.1) is 18.5 Å². The van der Waals surface area contributed by atoms with Crippen molar-refractivity contribution in [3.63, 3.8) is 0 Å². The Morgan fingerprint density at radius 1 is 1.18 bits per heavy atom. The summed E-state index contributed by atoms with van der Waals surface area (Å²) in [5.74, 6) is -0.599. The minimum absolute atomic E-state index is 0.112. The van der Waals surface area contributed by atoms with E-state index in [1.807, 2.05) is 13.8 Å². The Kier molecular flexibility index (Phi) is 8.67. The predicted molar refractivity (Wildman–Crippen MR) is 134 cm³/mol. The van der Waals surface area contributed by atoms with Crippen molar-refractivity contribution in [2.75, 3.05) is 32.4 Å². The van der Waals surface area contributed by atoms with Crippen LogP contribution >= 0.6 is 0 Å². The number of hydrogen-bond donors (Lipinski definition) is 1. The summed E-state index contributed by atoms with van der Waals surface area (Å²) in [6.45, 7) is 7.19. The molecule has 2 aromatic rings. The molecule has 0 fully saturated rings. The summed E-state index contributed by atoms with van der Waals surface area (Å²) in [4.78, 5) is 13.8. The van der Waals surface area contributed by atoms with Gasteiger partial charge in [-0.1, -0.05) is 49.6 Å². The van der Waals surface area contributed by atoms with Gasteiger partial charge >= 0.3 is 0 Å². The monoisotopic (exact) mass is 469 g/mol. The van der Waals surface area contributed by atoms with Crippen LogP contribution in [0.15, 0.2) is 47.6 Å². The molecule has 0 spiro atoms. The van der Waals surface area contributed by atoms with Gasteiger partial charge in [0, 0.05) is 32.2 Å². The number of amides is 1. The maximum absolute atomic E-state index is 14.2. The number of halogens is 1. The second kappa shape index (κ2) is 11.5. The van der Waals surface area contributed by atoms with Gasteiger partial charge in [0.1, 0.15) is 5.54 Å². The molecule has 0 saturated heterocycles. The van der Waals surface area contributed by atoms with E-state index >= 15 is 0 Å². The summed E-state index contributed by atoms with van der Waals surface area (Å²) < 4.78 is 24.5. The van der Waals surface area contributed by atoms with Crippen molar-refractivity contribution in [3.8, 4) is 5.75 Å².